The van der Waals surface area contributed by atoms with Gasteiger partial charge in [-0.3, -0.25) is 4.98 Å². The number of nitrogens with zero attached hydrogens (tertiary/aromatic N) is 5. The van der Waals surface area contributed by atoms with Crippen molar-refractivity contribution >= 4 is 50.9 Å². The number of furan rings is 1. The molecule has 0 amide bonds. The molecule has 1 aromatic carbocycles. The van der Waals surface area contributed by atoms with E-state index in [2.05, 4.69) is 25.4 Å². The minimum Gasteiger partial charge on any atom is -0.449 e. The molecule has 0 aliphatic heterocycles. The van der Waals surface area contributed by atoms with Crippen molar-refractivity contribution in [1.29, 1.82) is 0 Å². The van der Waals surface area contributed by atoms with E-state index in [1.54, 1.807) is 63.8 Å². The first kappa shape index (κ1) is 20.9. The average molecular weight is 463 g/mol. The van der Waals surface area contributed by atoms with Crippen molar-refractivity contribution in [2.24, 2.45) is 0 Å². The second kappa shape index (κ2) is 7.86. The molecule has 4 aromatic heterocycles. The van der Waals surface area contributed by atoms with Crippen molar-refractivity contribution in [1.82, 2.24) is 24.7 Å². The van der Waals surface area contributed by atoms with Crippen molar-refractivity contribution < 1.29 is 13.9 Å². The summed E-state index contributed by atoms with van der Waals surface area (Å²) < 4.78 is 12.6. The summed E-state index contributed by atoms with van der Waals surface area (Å²) in [6.07, 6.45) is 5.96. The molecule has 33 heavy (non-hydrogen) atoms. The van der Waals surface area contributed by atoms with Crippen molar-refractivity contribution in [3.63, 3.8) is 0 Å². The van der Waals surface area contributed by atoms with E-state index in [9.17, 15) is 4.79 Å². The van der Waals surface area contributed by atoms with E-state index in [0.29, 0.717) is 39.4 Å². The fourth-order valence-electron chi connectivity index (χ4n) is 3.46. The molecule has 0 fully saturated rings. The fourth-order valence-corrected chi connectivity index (χ4v) is 3.73. The number of carbonyl (C=O) groups excluding carboxylic acids is 1. The van der Waals surface area contributed by atoms with Crippen LogP contribution >= 0.6 is 11.6 Å². The highest BCUT2D eigenvalue weighted by molar-refractivity contribution is 6.35. The Morgan fingerprint density at radius 1 is 1.12 bits per heavy atom. The van der Waals surface area contributed by atoms with E-state index >= 15 is 0 Å². The first-order valence-corrected chi connectivity index (χ1v) is 10.5. The highest BCUT2D eigenvalue weighted by atomic mass is 35.5. The lowest BCUT2D eigenvalue weighted by Gasteiger charge is -2.19. The maximum atomic E-state index is 12.7. The summed E-state index contributed by atoms with van der Waals surface area (Å²) in [6, 6.07) is 8.95. The minimum atomic E-state index is -0.675. The summed E-state index contributed by atoms with van der Waals surface area (Å²) >= 11 is 6.48. The van der Waals surface area contributed by atoms with Gasteiger partial charge >= 0.3 is 6.09 Å². The molecule has 1 N–H and O–H groups in total. The lowest BCUT2D eigenvalue weighted by Crippen LogP contribution is -2.27. The largest absolute Gasteiger partial charge is 0.449 e. The number of hydrogen-bond donors (Lipinski definition) is 1. The molecule has 0 aliphatic carbocycles. The Morgan fingerprint density at radius 3 is 2.67 bits per heavy atom. The third-order valence-corrected chi connectivity index (χ3v) is 5.02. The number of rotatable bonds is 3. The molecule has 0 spiro atoms. The highest BCUT2D eigenvalue weighted by Gasteiger charge is 2.24. The Labute approximate surface area is 193 Å². The zero-order valence-electron chi connectivity index (χ0n) is 18.0. The van der Waals surface area contributed by atoms with Crippen LogP contribution < -0.4 is 5.32 Å². The van der Waals surface area contributed by atoms with Gasteiger partial charge in [0.1, 0.15) is 5.60 Å². The Kier molecular flexibility index (Phi) is 4.98. The highest BCUT2D eigenvalue weighted by Crippen LogP contribution is 2.40. The van der Waals surface area contributed by atoms with Gasteiger partial charge in [0.25, 0.3) is 0 Å². The second-order valence-corrected chi connectivity index (χ2v) is 8.62. The Hall–Kier alpha value is -3.98. The van der Waals surface area contributed by atoms with Gasteiger partial charge in [0.05, 0.1) is 28.5 Å². The number of ether oxygens (including phenoxy) is 1. The number of halogens is 1. The summed E-state index contributed by atoms with van der Waals surface area (Å²) in [5.74, 6) is 0.866. The number of benzene rings is 1. The van der Waals surface area contributed by atoms with Gasteiger partial charge in [-0.2, -0.15) is 4.68 Å². The molecule has 0 radical (unpaired) electrons. The minimum absolute atomic E-state index is 0.158. The molecular weight excluding hydrogens is 444 g/mol. The Balaban J connectivity index is 1.65. The van der Waals surface area contributed by atoms with E-state index in [1.165, 1.54) is 0 Å². The average Bonchev–Trinajstić information content (AvgIpc) is 3.32. The number of pyridine rings is 1. The molecule has 4 heterocycles. The molecule has 5 rings (SSSR count). The van der Waals surface area contributed by atoms with Crippen molar-refractivity contribution in [3.05, 3.63) is 60.3 Å². The van der Waals surface area contributed by atoms with Crippen LogP contribution in [-0.2, 0) is 4.74 Å². The van der Waals surface area contributed by atoms with Crippen LogP contribution in [0.15, 0.2) is 59.5 Å². The van der Waals surface area contributed by atoms with Crippen LogP contribution in [0, 0.1) is 0 Å². The van der Waals surface area contributed by atoms with Crippen LogP contribution in [0.5, 0.6) is 0 Å². The Bertz CT molecular complexity index is 1490. The second-order valence-electron chi connectivity index (χ2n) is 8.26. The standard InChI is InChI=1S/C23H19ClN6O3/c1-23(2,3)33-22(31)30-15-7-4-6-14(17(15)20(24)29-30)28-18-13-8-11-25-12-16(13)32-19(18)21-26-9-5-10-27-21/h4-12,28H,1-3H3. The predicted octanol–water partition coefficient (Wildman–Crippen LogP) is 5.81. The van der Waals surface area contributed by atoms with Crippen LogP contribution in [0.3, 0.4) is 0 Å². The van der Waals surface area contributed by atoms with Gasteiger partial charge in [0.15, 0.2) is 22.3 Å². The fraction of sp³-hybridized carbons (Fsp3) is 0.174. The van der Waals surface area contributed by atoms with Crippen molar-refractivity contribution in [2.45, 2.75) is 26.4 Å². The van der Waals surface area contributed by atoms with Crippen LogP contribution in [0.1, 0.15) is 20.8 Å². The number of anilines is 2. The summed E-state index contributed by atoms with van der Waals surface area (Å²) in [4.78, 5) is 25.5. The predicted molar refractivity (Wildman–Crippen MR) is 125 cm³/mol. The number of fused-ring (bicyclic) bond motifs is 2. The van der Waals surface area contributed by atoms with Crippen molar-refractivity contribution in [2.75, 3.05) is 5.32 Å². The molecular formula is C23H19ClN6O3. The summed E-state index contributed by atoms with van der Waals surface area (Å²) in [5, 5.41) is 9.12. The van der Waals surface area contributed by atoms with E-state index in [0.717, 1.165) is 10.1 Å². The Morgan fingerprint density at radius 2 is 1.91 bits per heavy atom. The summed E-state index contributed by atoms with van der Waals surface area (Å²) in [6.45, 7) is 5.37. The molecule has 0 saturated heterocycles. The first-order chi connectivity index (χ1) is 15.8. The van der Waals surface area contributed by atoms with E-state index < -0.39 is 11.7 Å². The van der Waals surface area contributed by atoms with Gasteiger partial charge in [-0.1, -0.05) is 17.7 Å². The molecule has 10 heteroatoms. The molecule has 9 nitrogen and oxygen atoms in total. The van der Waals surface area contributed by atoms with Gasteiger partial charge in [-0.25, -0.2) is 14.8 Å². The van der Waals surface area contributed by atoms with Gasteiger partial charge in [0.2, 0.25) is 0 Å². The molecule has 166 valence electrons. The molecule has 0 saturated carbocycles. The van der Waals surface area contributed by atoms with Gasteiger partial charge < -0.3 is 14.5 Å². The normalized spacial score (nSPS) is 11.8. The van der Waals surface area contributed by atoms with Gasteiger partial charge in [0, 0.05) is 24.0 Å². The van der Waals surface area contributed by atoms with E-state index in [4.69, 9.17) is 20.8 Å². The van der Waals surface area contributed by atoms with Crippen molar-refractivity contribution in [3.8, 4) is 11.6 Å². The van der Waals surface area contributed by atoms with Crippen LogP contribution in [0.4, 0.5) is 16.2 Å². The monoisotopic (exact) mass is 462 g/mol. The van der Waals surface area contributed by atoms with Crippen LogP contribution in [0.25, 0.3) is 33.5 Å². The van der Waals surface area contributed by atoms with Gasteiger partial charge in [-0.05, 0) is 45.0 Å². The summed E-state index contributed by atoms with van der Waals surface area (Å²) in [7, 11) is 0. The molecule has 0 unspecified atom stereocenters. The van der Waals surface area contributed by atoms with E-state index in [-0.39, 0.29) is 5.15 Å². The first-order valence-electron chi connectivity index (χ1n) is 10.1. The number of carbonyl (C=O) groups is 1. The van der Waals surface area contributed by atoms with Crippen LogP contribution in [0.2, 0.25) is 5.15 Å². The van der Waals surface area contributed by atoms with Gasteiger partial charge in [-0.15, -0.1) is 5.10 Å². The number of aromatic nitrogens is 5. The maximum absolute atomic E-state index is 12.7. The maximum Gasteiger partial charge on any atom is 0.435 e. The number of hydrogen-bond acceptors (Lipinski definition) is 8. The lowest BCUT2D eigenvalue weighted by atomic mass is 10.2. The third-order valence-electron chi connectivity index (χ3n) is 4.75. The topological polar surface area (TPSA) is 108 Å². The summed E-state index contributed by atoms with van der Waals surface area (Å²) in [5.41, 5.74) is 1.68. The van der Waals surface area contributed by atoms with Crippen LogP contribution in [-0.4, -0.2) is 36.4 Å². The quantitative estimate of drug-likeness (QED) is 0.357. The molecule has 5 aromatic rings. The zero-order chi connectivity index (χ0) is 23.2. The van der Waals surface area contributed by atoms with E-state index in [1.807, 2.05) is 12.1 Å². The third kappa shape index (κ3) is 3.87. The lowest BCUT2D eigenvalue weighted by molar-refractivity contribution is 0.0523. The zero-order valence-corrected chi connectivity index (χ0v) is 18.8. The smallest absolute Gasteiger partial charge is 0.435 e. The number of nitrogens with one attached hydrogen (secondary N) is 1. The molecule has 0 bridgehead atoms. The molecule has 0 atom stereocenters. The SMILES string of the molecule is CC(C)(C)OC(=O)n1nc(Cl)c2c(Nc3c(-c4ncccn4)oc4cnccc34)cccc21. The molecule has 0 aliphatic rings.